The van der Waals surface area contributed by atoms with E-state index >= 15 is 0 Å². The quantitative estimate of drug-likeness (QED) is 0.778. The monoisotopic (exact) mass is 277 g/mol. The summed E-state index contributed by atoms with van der Waals surface area (Å²) >= 11 is 0. The van der Waals surface area contributed by atoms with Crippen LogP contribution < -0.4 is 0 Å². The molecule has 2 nitrogen and oxygen atoms in total. The molecule has 2 aromatic carbocycles. The van der Waals surface area contributed by atoms with Crippen LogP contribution >= 0.6 is 0 Å². The van der Waals surface area contributed by atoms with Gasteiger partial charge in [-0.1, -0.05) is 66.7 Å². The van der Waals surface area contributed by atoms with Crippen LogP contribution in [0.4, 0.5) is 0 Å². The van der Waals surface area contributed by atoms with Gasteiger partial charge in [-0.3, -0.25) is 4.79 Å². The summed E-state index contributed by atoms with van der Waals surface area (Å²) in [7, 11) is 0. The zero-order chi connectivity index (χ0) is 14.7. The van der Waals surface area contributed by atoms with Gasteiger partial charge in [-0.05, 0) is 11.1 Å². The van der Waals surface area contributed by atoms with Crippen molar-refractivity contribution in [1.82, 2.24) is 4.90 Å². The van der Waals surface area contributed by atoms with E-state index < -0.39 is 0 Å². The van der Waals surface area contributed by atoms with Crippen molar-refractivity contribution >= 4 is 5.91 Å². The van der Waals surface area contributed by atoms with Crippen molar-refractivity contribution in [1.29, 1.82) is 0 Å². The molecule has 1 saturated heterocycles. The number of nitrogens with zero attached hydrogens (tertiary/aromatic N) is 1. The lowest BCUT2D eigenvalue weighted by atomic mass is 9.97. The smallest absolute Gasteiger partial charge is 0.224 e. The molecule has 1 atom stereocenters. The molecule has 1 unspecified atom stereocenters. The highest BCUT2D eigenvalue weighted by atomic mass is 16.2. The Kier molecular flexibility index (Phi) is 3.87. The summed E-state index contributed by atoms with van der Waals surface area (Å²) in [4.78, 5) is 14.4. The van der Waals surface area contributed by atoms with Gasteiger partial charge in [0.05, 0.1) is 6.04 Å². The maximum absolute atomic E-state index is 12.4. The molecule has 0 aliphatic carbocycles. The predicted molar refractivity (Wildman–Crippen MR) is 84.7 cm³/mol. The Bertz CT molecular complexity index is 581. The van der Waals surface area contributed by atoms with E-state index in [1.165, 1.54) is 0 Å². The number of benzene rings is 2. The first-order chi connectivity index (χ1) is 10.3. The van der Waals surface area contributed by atoms with E-state index in [-0.39, 0.29) is 17.9 Å². The van der Waals surface area contributed by atoms with E-state index in [0.29, 0.717) is 6.42 Å². The van der Waals surface area contributed by atoms with Crippen molar-refractivity contribution in [2.75, 3.05) is 6.54 Å². The average molecular weight is 277 g/mol. The number of rotatable bonds is 4. The highest BCUT2D eigenvalue weighted by molar-refractivity contribution is 5.80. The molecule has 0 spiro atoms. The summed E-state index contributed by atoms with van der Waals surface area (Å²) in [6.45, 7) is 4.58. The van der Waals surface area contributed by atoms with Crippen LogP contribution in [0.25, 0.3) is 0 Å². The minimum absolute atomic E-state index is 0.00940. The highest BCUT2D eigenvalue weighted by Crippen LogP contribution is 2.34. The molecule has 0 bridgehead atoms. The van der Waals surface area contributed by atoms with Gasteiger partial charge in [0, 0.05) is 18.9 Å². The molecule has 0 radical (unpaired) electrons. The summed E-state index contributed by atoms with van der Waals surface area (Å²) < 4.78 is 0. The minimum Gasteiger partial charge on any atom is -0.331 e. The standard InChI is InChI=1S/C19H19NO/c1-2-15-13-18(21)20(14-15)19(16-9-5-3-6-10-16)17-11-7-4-8-12-17/h2-12,15,19H,1,13-14H2. The van der Waals surface area contributed by atoms with Crippen LogP contribution in [0.2, 0.25) is 0 Å². The lowest BCUT2D eigenvalue weighted by Gasteiger charge is -2.29. The van der Waals surface area contributed by atoms with Crippen molar-refractivity contribution in [3.05, 3.63) is 84.4 Å². The molecule has 0 N–H and O–H groups in total. The lowest BCUT2D eigenvalue weighted by Crippen LogP contribution is -2.31. The zero-order valence-corrected chi connectivity index (χ0v) is 12.0. The van der Waals surface area contributed by atoms with Gasteiger partial charge in [0.1, 0.15) is 0 Å². The lowest BCUT2D eigenvalue weighted by molar-refractivity contribution is -0.129. The van der Waals surface area contributed by atoms with Gasteiger partial charge >= 0.3 is 0 Å². The SMILES string of the molecule is C=CC1CC(=O)N(C(c2ccccc2)c2ccccc2)C1. The van der Waals surface area contributed by atoms with Crippen LogP contribution in [0.1, 0.15) is 23.6 Å². The molecule has 1 aliphatic heterocycles. The van der Waals surface area contributed by atoms with Gasteiger partial charge in [0.2, 0.25) is 5.91 Å². The largest absolute Gasteiger partial charge is 0.331 e. The molecule has 1 heterocycles. The zero-order valence-electron chi connectivity index (χ0n) is 12.0. The summed E-state index contributed by atoms with van der Waals surface area (Å²) in [5, 5.41) is 0. The van der Waals surface area contributed by atoms with Crippen LogP contribution in [0, 0.1) is 5.92 Å². The molecule has 0 aromatic heterocycles. The van der Waals surface area contributed by atoms with Crippen molar-refractivity contribution in [3.8, 4) is 0 Å². The predicted octanol–water partition coefficient (Wildman–Crippen LogP) is 3.81. The second kappa shape index (κ2) is 5.96. The van der Waals surface area contributed by atoms with E-state index in [9.17, 15) is 4.79 Å². The number of likely N-dealkylation sites (tertiary alicyclic amines) is 1. The number of carbonyl (C=O) groups excluding carboxylic acids is 1. The third-order valence-electron chi connectivity index (χ3n) is 4.06. The Morgan fingerprint density at radius 2 is 1.52 bits per heavy atom. The van der Waals surface area contributed by atoms with Gasteiger partial charge in [-0.15, -0.1) is 6.58 Å². The van der Waals surface area contributed by atoms with Crippen LogP contribution in [0.3, 0.4) is 0 Å². The minimum atomic E-state index is -0.00940. The third kappa shape index (κ3) is 2.75. The van der Waals surface area contributed by atoms with E-state index in [4.69, 9.17) is 0 Å². The van der Waals surface area contributed by atoms with Crippen LogP contribution in [0.5, 0.6) is 0 Å². The Balaban J connectivity index is 2.01. The van der Waals surface area contributed by atoms with Gasteiger partial charge in [0.25, 0.3) is 0 Å². The summed E-state index contributed by atoms with van der Waals surface area (Å²) in [5.41, 5.74) is 2.31. The first-order valence-corrected chi connectivity index (χ1v) is 7.31. The third-order valence-corrected chi connectivity index (χ3v) is 4.06. The highest BCUT2D eigenvalue weighted by Gasteiger charge is 2.34. The second-order valence-electron chi connectivity index (χ2n) is 5.47. The van der Waals surface area contributed by atoms with Crippen LogP contribution in [-0.2, 0) is 4.79 Å². The van der Waals surface area contributed by atoms with Crippen molar-refractivity contribution in [2.45, 2.75) is 12.5 Å². The fraction of sp³-hybridized carbons (Fsp3) is 0.211. The Labute approximate surface area is 125 Å². The molecule has 21 heavy (non-hydrogen) atoms. The fourth-order valence-corrected chi connectivity index (χ4v) is 2.99. The first-order valence-electron chi connectivity index (χ1n) is 7.31. The summed E-state index contributed by atoms with van der Waals surface area (Å²) in [6, 6.07) is 20.5. The number of amides is 1. The number of hydrogen-bond donors (Lipinski definition) is 0. The van der Waals surface area contributed by atoms with Gasteiger partial charge in [-0.25, -0.2) is 0 Å². The van der Waals surface area contributed by atoms with Gasteiger partial charge in [-0.2, -0.15) is 0 Å². The second-order valence-corrected chi connectivity index (χ2v) is 5.47. The molecule has 1 fully saturated rings. The van der Waals surface area contributed by atoms with E-state index in [1.807, 2.05) is 47.4 Å². The first kappa shape index (κ1) is 13.6. The van der Waals surface area contributed by atoms with Crippen molar-refractivity contribution in [2.24, 2.45) is 5.92 Å². The molecule has 2 heteroatoms. The molecule has 0 saturated carbocycles. The normalized spacial score (nSPS) is 18.2. The van der Waals surface area contributed by atoms with E-state index in [2.05, 4.69) is 30.8 Å². The maximum Gasteiger partial charge on any atom is 0.224 e. The molecule has 1 aliphatic rings. The molecular formula is C19H19NO. The van der Waals surface area contributed by atoms with Gasteiger partial charge < -0.3 is 4.90 Å². The number of carbonyl (C=O) groups is 1. The molecular weight excluding hydrogens is 258 g/mol. The molecule has 2 aromatic rings. The Hall–Kier alpha value is -2.35. The summed E-state index contributed by atoms with van der Waals surface area (Å²) in [6.07, 6.45) is 2.46. The van der Waals surface area contributed by atoms with Crippen LogP contribution in [-0.4, -0.2) is 17.4 Å². The molecule has 1 amide bonds. The maximum atomic E-state index is 12.4. The van der Waals surface area contributed by atoms with Crippen molar-refractivity contribution < 1.29 is 4.79 Å². The summed E-state index contributed by atoms with van der Waals surface area (Å²) in [5.74, 6) is 0.463. The fourth-order valence-electron chi connectivity index (χ4n) is 2.99. The Morgan fingerprint density at radius 3 is 1.95 bits per heavy atom. The number of hydrogen-bond acceptors (Lipinski definition) is 1. The van der Waals surface area contributed by atoms with Crippen LogP contribution in [0.15, 0.2) is 73.3 Å². The average Bonchev–Trinajstić information content (AvgIpc) is 2.91. The Morgan fingerprint density at radius 1 is 1.00 bits per heavy atom. The van der Waals surface area contributed by atoms with E-state index in [0.717, 1.165) is 17.7 Å². The molecule has 3 rings (SSSR count). The topological polar surface area (TPSA) is 20.3 Å². The van der Waals surface area contributed by atoms with Crippen molar-refractivity contribution in [3.63, 3.8) is 0 Å². The van der Waals surface area contributed by atoms with E-state index in [1.54, 1.807) is 0 Å². The van der Waals surface area contributed by atoms with Gasteiger partial charge in [0.15, 0.2) is 0 Å². The molecule has 106 valence electrons.